The zero-order valence-electron chi connectivity index (χ0n) is 15.5. The number of carbonyl (C=O) groups is 2. The van der Waals surface area contributed by atoms with Crippen LogP contribution in [0.3, 0.4) is 0 Å². The topological polar surface area (TPSA) is 71.1 Å². The van der Waals surface area contributed by atoms with Crippen LogP contribution >= 0.6 is 0 Å². The highest BCUT2D eigenvalue weighted by molar-refractivity contribution is 6.00. The van der Waals surface area contributed by atoms with Crippen LogP contribution in [0.25, 0.3) is 0 Å². The van der Waals surface area contributed by atoms with Gasteiger partial charge in [-0.25, -0.2) is 4.79 Å². The van der Waals surface area contributed by atoms with Gasteiger partial charge in [-0.2, -0.15) is 0 Å². The first-order valence-electron chi connectivity index (χ1n) is 8.84. The van der Waals surface area contributed by atoms with Gasteiger partial charge in [0.15, 0.2) is 0 Å². The number of amides is 3. The monoisotopic (exact) mass is 369 g/mol. The summed E-state index contributed by atoms with van der Waals surface area (Å²) in [5, 5.41) is 2.80. The zero-order chi connectivity index (χ0) is 19.2. The summed E-state index contributed by atoms with van der Waals surface area (Å²) in [7, 11) is 1.57. The molecule has 1 fully saturated rings. The lowest BCUT2D eigenvalue weighted by atomic mass is 10.2. The van der Waals surface area contributed by atoms with Crippen molar-refractivity contribution in [2.24, 2.45) is 0 Å². The number of rotatable bonds is 7. The number of urea groups is 1. The maximum atomic E-state index is 12.7. The van der Waals surface area contributed by atoms with E-state index in [1.54, 1.807) is 36.3 Å². The highest BCUT2D eigenvalue weighted by Gasteiger charge is 2.32. The lowest BCUT2D eigenvalue weighted by Crippen LogP contribution is -2.37. The van der Waals surface area contributed by atoms with E-state index in [1.165, 1.54) is 4.90 Å². The molecule has 1 aliphatic heterocycles. The first kappa shape index (κ1) is 18.6. The van der Waals surface area contributed by atoms with E-state index in [0.29, 0.717) is 36.8 Å². The summed E-state index contributed by atoms with van der Waals surface area (Å²) in [5.74, 6) is 1.14. The molecule has 7 heteroatoms. The molecule has 142 valence electrons. The largest absolute Gasteiger partial charge is 0.495 e. The fraction of sp³-hybridized carbons (Fsp3) is 0.300. The second-order valence-electron chi connectivity index (χ2n) is 6.03. The number of anilines is 2. The second kappa shape index (κ2) is 8.44. The predicted molar refractivity (Wildman–Crippen MR) is 104 cm³/mol. The van der Waals surface area contributed by atoms with Gasteiger partial charge < -0.3 is 19.7 Å². The van der Waals surface area contributed by atoms with Crippen LogP contribution < -0.4 is 19.7 Å². The fourth-order valence-electron chi connectivity index (χ4n) is 2.98. The van der Waals surface area contributed by atoms with Gasteiger partial charge >= 0.3 is 6.03 Å². The molecule has 0 saturated carbocycles. The summed E-state index contributed by atoms with van der Waals surface area (Å²) >= 11 is 0. The number of carbonyl (C=O) groups excluding carboxylic acids is 2. The molecule has 0 bridgehead atoms. The average molecular weight is 369 g/mol. The molecule has 3 amide bonds. The van der Waals surface area contributed by atoms with Crippen LogP contribution in [0.4, 0.5) is 16.2 Å². The van der Waals surface area contributed by atoms with E-state index in [0.717, 1.165) is 5.75 Å². The van der Waals surface area contributed by atoms with E-state index < -0.39 is 0 Å². The van der Waals surface area contributed by atoms with Crippen molar-refractivity contribution in [3.05, 3.63) is 48.5 Å². The molecule has 1 heterocycles. The molecule has 2 aromatic rings. The van der Waals surface area contributed by atoms with Crippen molar-refractivity contribution in [3.63, 3.8) is 0 Å². The average Bonchev–Trinajstić information content (AvgIpc) is 3.03. The van der Waals surface area contributed by atoms with Crippen molar-refractivity contribution in [1.29, 1.82) is 0 Å². The molecule has 1 N–H and O–H groups in total. The fourth-order valence-corrected chi connectivity index (χ4v) is 2.98. The number of methoxy groups -OCH3 is 1. The predicted octanol–water partition coefficient (Wildman–Crippen LogP) is 2.97. The lowest BCUT2D eigenvalue weighted by Gasteiger charge is -2.20. The third-order valence-electron chi connectivity index (χ3n) is 4.25. The molecule has 3 rings (SSSR count). The van der Waals surface area contributed by atoms with Crippen LogP contribution in [0, 0.1) is 0 Å². The van der Waals surface area contributed by atoms with Crippen LogP contribution in [0.15, 0.2) is 48.5 Å². The molecule has 1 saturated heterocycles. The molecule has 1 aliphatic rings. The third-order valence-corrected chi connectivity index (χ3v) is 4.25. The van der Waals surface area contributed by atoms with Crippen molar-refractivity contribution in [1.82, 2.24) is 4.90 Å². The third kappa shape index (κ3) is 4.31. The quantitative estimate of drug-likeness (QED) is 0.815. The Morgan fingerprint density at radius 1 is 1.11 bits per heavy atom. The van der Waals surface area contributed by atoms with Crippen LogP contribution in [0.2, 0.25) is 0 Å². The number of ether oxygens (including phenoxy) is 2. The highest BCUT2D eigenvalue weighted by Crippen LogP contribution is 2.30. The molecule has 27 heavy (non-hydrogen) atoms. The van der Waals surface area contributed by atoms with E-state index >= 15 is 0 Å². The van der Waals surface area contributed by atoms with E-state index in [1.807, 2.05) is 31.2 Å². The van der Waals surface area contributed by atoms with Crippen LogP contribution in [-0.4, -0.2) is 50.2 Å². The molecule has 0 unspecified atom stereocenters. The van der Waals surface area contributed by atoms with Gasteiger partial charge in [-0.3, -0.25) is 9.69 Å². The minimum absolute atomic E-state index is 0.00229. The Labute approximate surface area is 158 Å². The number of hydrogen-bond acceptors (Lipinski definition) is 4. The molecule has 0 aliphatic carbocycles. The molecule has 0 atom stereocenters. The van der Waals surface area contributed by atoms with Crippen molar-refractivity contribution >= 4 is 23.3 Å². The summed E-state index contributed by atoms with van der Waals surface area (Å²) in [6.07, 6.45) is 0. The SMILES string of the molecule is CCOc1ccc(NC(=O)CN2CCN(c3ccccc3OC)C2=O)cc1. The van der Waals surface area contributed by atoms with Gasteiger partial charge in [0, 0.05) is 18.8 Å². The van der Waals surface area contributed by atoms with Gasteiger partial charge in [-0.05, 0) is 43.3 Å². The first-order chi connectivity index (χ1) is 13.1. The molecule has 0 spiro atoms. The summed E-state index contributed by atoms with van der Waals surface area (Å²) in [6, 6.07) is 14.3. The maximum Gasteiger partial charge on any atom is 0.325 e. The van der Waals surface area contributed by atoms with Crippen LogP contribution in [0.1, 0.15) is 6.92 Å². The van der Waals surface area contributed by atoms with Gasteiger partial charge in [-0.15, -0.1) is 0 Å². The van der Waals surface area contributed by atoms with Gasteiger partial charge in [0.1, 0.15) is 18.0 Å². The van der Waals surface area contributed by atoms with Gasteiger partial charge in [0.2, 0.25) is 5.91 Å². The van der Waals surface area contributed by atoms with Gasteiger partial charge in [-0.1, -0.05) is 12.1 Å². The Morgan fingerprint density at radius 3 is 2.56 bits per heavy atom. The summed E-state index contributed by atoms with van der Waals surface area (Å²) in [4.78, 5) is 28.1. The Bertz CT molecular complexity index is 807. The normalized spacial score (nSPS) is 13.6. The standard InChI is InChI=1S/C20H23N3O4/c1-3-27-16-10-8-15(9-11-16)21-19(24)14-22-12-13-23(20(22)25)17-6-4-5-7-18(17)26-2/h4-11H,3,12-14H2,1-2H3,(H,21,24). The summed E-state index contributed by atoms with van der Waals surface area (Å²) < 4.78 is 10.7. The van der Waals surface area contributed by atoms with Crippen LogP contribution in [0.5, 0.6) is 11.5 Å². The minimum Gasteiger partial charge on any atom is -0.495 e. The summed E-state index contributed by atoms with van der Waals surface area (Å²) in [5.41, 5.74) is 1.37. The summed E-state index contributed by atoms with van der Waals surface area (Å²) in [6.45, 7) is 3.49. The van der Waals surface area contributed by atoms with Crippen molar-refractivity contribution in [2.75, 3.05) is 43.6 Å². The number of nitrogens with one attached hydrogen (secondary N) is 1. The Hall–Kier alpha value is -3.22. The maximum absolute atomic E-state index is 12.7. The molecular weight excluding hydrogens is 346 g/mol. The first-order valence-corrected chi connectivity index (χ1v) is 8.84. The Balaban J connectivity index is 1.59. The van der Waals surface area contributed by atoms with Crippen LogP contribution in [-0.2, 0) is 4.79 Å². The number of para-hydroxylation sites is 2. The van der Waals surface area contributed by atoms with Gasteiger partial charge in [0.05, 0.1) is 19.4 Å². The molecular formula is C20H23N3O4. The molecule has 0 aromatic heterocycles. The molecule has 2 aromatic carbocycles. The lowest BCUT2D eigenvalue weighted by molar-refractivity contribution is -0.116. The van der Waals surface area contributed by atoms with Crippen molar-refractivity contribution < 1.29 is 19.1 Å². The zero-order valence-corrected chi connectivity index (χ0v) is 15.5. The Morgan fingerprint density at radius 2 is 1.85 bits per heavy atom. The number of benzene rings is 2. The van der Waals surface area contributed by atoms with E-state index in [2.05, 4.69) is 5.32 Å². The van der Waals surface area contributed by atoms with E-state index in [9.17, 15) is 9.59 Å². The molecule has 7 nitrogen and oxygen atoms in total. The van der Waals surface area contributed by atoms with Gasteiger partial charge in [0.25, 0.3) is 0 Å². The van der Waals surface area contributed by atoms with Crippen molar-refractivity contribution in [3.8, 4) is 11.5 Å². The second-order valence-corrected chi connectivity index (χ2v) is 6.03. The number of nitrogens with zero attached hydrogens (tertiary/aromatic N) is 2. The highest BCUT2D eigenvalue weighted by atomic mass is 16.5. The van der Waals surface area contributed by atoms with E-state index in [4.69, 9.17) is 9.47 Å². The van der Waals surface area contributed by atoms with Crippen molar-refractivity contribution in [2.45, 2.75) is 6.92 Å². The minimum atomic E-state index is -0.241. The molecule has 0 radical (unpaired) electrons. The Kier molecular flexibility index (Phi) is 5.80. The number of hydrogen-bond donors (Lipinski definition) is 1. The smallest absolute Gasteiger partial charge is 0.325 e. The van der Waals surface area contributed by atoms with E-state index in [-0.39, 0.29) is 18.5 Å².